The van der Waals surface area contributed by atoms with Gasteiger partial charge in [-0.05, 0) is 11.4 Å². The quantitative estimate of drug-likeness (QED) is 0.857. The maximum atomic E-state index is 12.3. The average Bonchev–Trinajstić information content (AvgIpc) is 3.19. The van der Waals surface area contributed by atoms with Crippen LogP contribution in [0.2, 0.25) is 0 Å². The predicted molar refractivity (Wildman–Crippen MR) is 83.1 cm³/mol. The number of hydrogen-bond donors (Lipinski definition) is 0. The molecule has 1 fully saturated rings. The van der Waals surface area contributed by atoms with Crippen LogP contribution in [-0.2, 0) is 11.3 Å². The number of hydrogen-bond acceptors (Lipinski definition) is 7. The Morgan fingerprint density at radius 2 is 2.19 bits per heavy atom. The number of aromatic nitrogens is 2. The lowest BCUT2D eigenvalue weighted by molar-refractivity contribution is 0.0751. The van der Waals surface area contributed by atoms with Crippen LogP contribution in [0.5, 0.6) is 0 Å². The predicted octanol–water partition coefficient (Wildman–Crippen LogP) is 1.71. The first-order valence-electron chi connectivity index (χ1n) is 6.67. The summed E-state index contributed by atoms with van der Waals surface area (Å²) >= 11 is 2.88. The molecule has 2 aromatic rings. The Bertz CT molecular complexity index is 591. The van der Waals surface area contributed by atoms with Crippen molar-refractivity contribution in [2.45, 2.75) is 6.61 Å². The van der Waals surface area contributed by atoms with Gasteiger partial charge in [0.2, 0.25) is 5.13 Å². The first-order valence-corrected chi connectivity index (χ1v) is 8.32. The van der Waals surface area contributed by atoms with E-state index in [1.807, 2.05) is 22.4 Å². The normalized spacial score (nSPS) is 15.5. The number of carbonyl (C=O) groups excluding carboxylic acids is 1. The zero-order valence-corrected chi connectivity index (χ0v) is 13.3. The first kappa shape index (κ1) is 14.4. The molecule has 0 aliphatic carbocycles. The molecule has 3 heterocycles. The molecule has 1 amide bonds. The van der Waals surface area contributed by atoms with Crippen molar-refractivity contribution >= 4 is 33.9 Å². The standard InChI is InChI=1S/C13H16N4O2S2/c1-19-9-11-14-13(21-15-11)17-6-4-16(5-7-17)12(18)10-3-2-8-20-10/h2-3,8H,4-7,9H2,1H3. The molecule has 1 aliphatic heterocycles. The molecule has 0 atom stereocenters. The minimum atomic E-state index is 0.127. The minimum Gasteiger partial charge on any atom is -0.377 e. The third-order valence-corrected chi connectivity index (χ3v) is 4.97. The Morgan fingerprint density at radius 3 is 2.86 bits per heavy atom. The van der Waals surface area contributed by atoms with Crippen LogP contribution in [0.1, 0.15) is 15.5 Å². The number of methoxy groups -OCH3 is 1. The molecule has 6 nitrogen and oxygen atoms in total. The van der Waals surface area contributed by atoms with Gasteiger partial charge in [-0.3, -0.25) is 4.79 Å². The molecular weight excluding hydrogens is 308 g/mol. The summed E-state index contributed by atoms with van der Waals surface area (Å²) in [6, 6.07) is 3.79. The lowest BCUT2D eigenvalue weighted by Gasteiger charge is -2.34. The van der Waals surface area contributed by atoms with Crippen LogP contribution < -0.4 is 4.90 Å². The van der Waals surface area contributed by atoms with Gasteiger partial charge in [0.05, 0.1) is 4.88 Å². The van der Waals surface area contributed by atoms with Crippen LogP contribution in [0.3, 0.4) is 0 Å². The maximum Gasteiger partial charge on any atom is 0.264 e. The Hall–Kier alpha value is -1.51. The van der Waals surface area contributed by atoms with Gasteiger partial charge in [-0.25, -0.2) is 4.98 Å². The van der Waals surface area contributed by atoms with E-state index >= 15 is 0 Å². The monoisotopic (exact) mass is 324 g/mol. The lowest BCUT2D eigenvalue weighted by Crippen LogP contribution is -2.48. The fraction of sp³-hybridized carbons (Fsp3) is 0.462. The van der Waals surface area contributed by atoms with Gasteiger partial charge in [-0.2, -0.15) is 4.37 Å². The van der Waals surface area contributed by atoms with Crippen molar-refractivity contribution in [2.75, 3.05) is 38.2 Å². The number of rotatable bonds is 4. The molecule has 0 N–H and O–H groups in total. The van der Waals surface area contributed by atoms with Gasteiger partial charge in [-0.1, -0.05) is 6.07 Å². The van der Waals surface area contributed by atoms with E-state index in [1.54, 1.807) is 7.11 Å². The van der Waals surface area contributed by atoms with E-state index in [0.717, 1.165) is 42.0 Å². The van der Waals surface area contributed by atoms with E-state index < -0.39 is 0 Å². The molecule has 0 saturated carbocycles. The molecule has 0 radical (unpaired) electrons. The third-order valence-electron chi connectivity index (χ3n) is 3.30. The molecule has 0 unspecified atom stereocenters. The molecule has 0 aromatic carbocycles. The molecule has 0 bridgehead atoms. The number of piperazine rings is 1. The second kappa shape index (κ2) is 6.50. The van der Waals surface area contributed by atoms with E-state index in [9.17, 15) is 4.79 Å². The largest absolute Gasteiger partial charge is 0.377 e. The Balaban J connectivity index is 1.58. The number of nitrogens with zero attached hydrogens (tertiary/aromatic N) is 4. The summed E-state index contributed by atoms with van der Waals surface area (Å²) in [6.07, 6.45) is 0. The highest BCUT2D eigenvalue weighted by Gasteiger charge is 2.24. The van der Waals surface area contributed by atoms with E-state index in [-0.39, 0.29) is 5.91 Å². The number of anilines is 1. The summed E-state index contributed by atoms with van der Waals surface area (Å²) < 4.78 is 9.29. The van der Waals surface area contributed by atoms with Crippen molar-refractivity contribution in [2.24, 2.45) is 0 Å². The van der Waals surface area contributed by atoms with Gasteiger partial charge in [0, 0.05) is 44.8 Å². The molecule has 2 aromatic heterocycles. The Morgan fingerprint density at radius 1 is 1.38 bits per heavy atom. The van der Waals surface area contributed by atoms with Gasteiger partial charge in [0.25, 0.3) is 5.91 Å². The summed E-state index contributed by atoms with van der Waals surface area (Å²) in [7, 11) is 1.63. The molecular formula is C13H16N4O2S2. The van der Waals surface area contributed by atoms with Crippen molar-refractivity contribution in [1.29, 1.82) is 0 Å². The summed E-state index contributed by atoms with van der Waals surface area (Å²) in [5.74, 6) is 0.844. The Kier molecular flexibility index (Phi) is 4.47. The molecule has 1 saturated heterocycles. The topological polar surface area (TPSA) is 58.6 Å². The number of thiophene rings is 1. The number of ether oxygens (including phenoxy) is 1. The van der Waals surface area contributed by atoms with E-state index in [4.69, 9.17) is 4.74 Å². The average molecular weight is 324 g/mol. The fourth-order valence-corrected chi connectivity index (χ4v) is 3.63. The van der Waals surface area contributed by atoms with Gasteiger partial charge < -0.3 is 14.5 Å². The van der Waals surface area contributed by atoms with Crippen molar-refractivity contribution < 1.29 is 9.53 Å². The van der Waals surface area contributed by atoms with Crippen molar-refractivity contribution in [1.82, 2.24) is 14.3 Å². The van der Waals surface area contributed by atoms with Crippen LogP contribution in [0, 0.1) is 0 Å². The van der Waals surface area contributed by atoms with Crippen LogP contribution in [0.25, 0.3) is 0 Å². The van der Waals surface area contributed by atoms with Gasteiger partial charge in [0.1, 0.15) is 6.61 Å². The molecule has 0 spiro atoms. The summed E-state index contributed by atoms with van der Waals surface area (Å²) in [6.45, 7) is 3.45. The molecule has 1 aliphatic rings. The SMILES string of the molecule is COCc1nsc(N2CCN(C(=O)c3cccs3)CC2)n1. The van der Waals surface area contributed by atoms with Gasteiger partial charge in [-0.15, -0.1) is 11.3 Å². The molecule has 112 valence electrons. The smallest absolute Gasteiger partial charge is 0.264 e. The summed E-state index contributed by atoms with van der Waals surface area (Å²) in [5.41, 5.74) is 0. The molecule has 21 heavy (non-hydrogen) atoms. The van der Waals surface area contributed by atoms with Crippen molar-refractivity contribution in [3.05, 3.63) is 28.2 Å². The van der Waals surface area contributed by atoms with E-state index in [1.165, 1.54) is 22.9 Å². The van der Waals surface area contributed by atoms with Gasteiger partial charge in [0.15, 0.2) is 5.82 Å². The lowest BCUT2D eigenvalue weighted by atomic mass is 10.3. The van der Waals surface area contributed by atoms with E-state index in [0.29, 0.717) is 6.61 Å². The van der Waals surface area contributed by atoms with E-state index in [2.05, 4.69) is 14.3 Å². The van der Waals surface area contributed by atoms with Crippen LogP contribution in [0.15, 0.2) is 17.5 Å². The van der Waals surface area contributed by atoms with Gasteiger partial charge >= 0.3 is 0 Å². The minimum absolute atomic E-state index is 0.127. The third kappa shape index (κ3) is 3.22. The van der Waals surface area contributed by atoms with Crippen LogP contribution in [-0.4, -0.2) is 53.5 Å². The van der Waals surface area contributed by atoms with Crippen molar-refractivity contribution in [3.8, 4) is 0 Å². The van der Waals surface area contributed by atoms with Crippen LogP contribution in [0.4, 0.5) is 5.13 Å². The molecule has 3 rings (SSSR count). The second-order valence-electron chi connectivity index (χ2n) is 4.68. The zero-order valence-electron chi connectivity index (χ0n) is 11.7. The number of carbonyl (C=O) groups is 1. The fourth-order valence-electron chi connectivity index (χ4n) is 2.22. The Labute approximate surface area is 131 Å². The summed E-state index contributed by atoms with van der Waals surface area (Å²) in [4.78, 5) is 21.6. The molecule has 8 heteroatoms. The second-order valence-corrected chi connectivity index (χ2v) is 6.36. The highest BCUT2D eigenvalue weighted by Crippen LogP contribution is 2.20. The maximum absolute atomic E-state index is 12.3. The first-order chi connectivity index (χ1) is 10.3. The van der Waals surface area contributed by atoms with Crippen molar-refractivity contribution in [3.63, 3.8) is 0 Å². The van der Waals surface area contributed by atoms with Crippen LogP contribution >= 0.6 is 22.9 Å². The highest BCUT2D eigenvalue weighted by molar-refractivity contribution is 7.12. The zero-order chi connectivity index (χ0) is 14.7. The highest BCUT2D eigenvalue weighted by atomic mass is 32.1. The number of amides is 1. The summed E-state index contributed by atoms with van der Waals surface area (Å²) in [5, 5.41) is 2.84.